The number of benzene rings is 1. The Morgan fingerprint density at radius 1 is 1.24 bits per heavy atom. The highest BCUT2D eigenvalue weighted by Crippen LogP contribution is 2.30. The van der Waals surface area contributed by atoms with Crippen LogP contribution in [0.2, 0.25) is 0 Å². The summed E-state index contributed by atoms with van der Waals surface area (Å²) in [6.45, 7) is 9.77. The summed E-state index contributed by atoms with van der Waals surface area (Å²) >= 11 is 1.44. The summed E-state index contributed by atoms with van der Waals surface area (Å²) in [6, 6.07) is 7.76. The zero-order valence-electron chi connectivity index (χ0n) is 15.7. The van der Waals surface area contributed by atoms with Gasteiger partial charge in [0.15, 0.2) is 0 Å². The maximum Gasteiger partial charge on any atom is 0.265 e. The number of hydrogen-bond acceptors (Lipinski definition) is 5. The summed E-state index contributed by atoms with van der Waals surface area (Å²) in [4.78, 5) is 22.2. The molecule has 1 amide bonds. The standard InChI is InChI=1S/C19H27N3O2S/c1-6-22(7-2)12-11-21(4)19(23)17-14(3)20-18(25-17)15-9-8-10-16(13-15)24-5/h8-10,13H,6-7,11-12H2,1-5H3. The van der Waals surface area contributed by atoms with Crippen LogP contribution in [-0.2, 0) is 0 Å². The van der Waals surface area contributed by atoms with Gasteiger partial charge in [0.1, 0.15) is 15.6 Å². The van der Waals surface area contributed by atoms with E-state index in [2.05, 4.69) is 23.7 Å². The van der Waals surface area contributed by atoms with E-state index in [1.165, 1.54) is 11.3 Å². The molecule has 2 aromatic rings. The summed E-state index contributed by atoms with van der Waals surface area (Å²) in [6.07, 6.45) is 0. The van der Waals surface area contributed by atoms with Crippen LogP contribution in [0.3, 0.4) is 0 Å². The van der Waals surface area contributed by atoms with Crippen molar-refractivity contribution in [3.05, 3.63) is 34.8 Å². The molecule has 0 fully saturated rings. The fourth-order valence-electron chi connectivity index (χ4n) is 2.58. The van der Waals surface area contributed by atoms with Crippen molar-refractivity contribution in [2.75, 3.05) is 40.3 Å². The molecule has 0 aliphatic rings. The van der Waals surface area contributed by atoms with Gasteiger partial charge >= 0.3 is 0 Å². The van der Waals surface area contributed by atoms with Gasteiger partial charge in [-0.2, -0.15) is 0 Å². The van der Waals surface area contributed by atoms with E-state index in [1.54, 1.807) is 12.0 Å². The number of likely N-dealkylation sites (N-methyl/N-ethyl adjacent to an activating group) is 2. The van der Waals surface area contributed by atoms with Gasteiger partial charge in [0, 0.05) is 25.7 Å². The van der Waals surface area contributed by atoms with Crippen LogP contribution in [0, 0.1) is 6.92 Å². The summed E-state index contributed by atoms with van der Waals surface area (Å²) in [5.41, 5.74) is 1.75. The second kappa shape index (κ2) is 8.97. The van der Waals surface area contributed by atoms with Crippen LogP contribution in [0.1, 0.15) is 29.2 Å². The minimum Gasteiger partial charge on any atom is -0.497 e. The first-order chi connectivity index (χ1) is 12.0. The number of nitrogens with zero attached hydrogens (tertiary/aromatic N) is 3. The van der Waals surface area contributed by atoms with Gasteiger partial charge in [0.2, 0.25) is 0 Å². The maximum atomic E-state index is 12.8. The SMILES string of the molecule is CCN(CC)CCN(C)C(=O)c1sc(-c2cccc(OC)c2)nc1C. The fourth-order valence-corrected chi connectivity index (χ4v) is 3.64. The van der Waals surface area contributed by atoms with Gasteiger partial charge < -0.3 is 14.5 Å². The van der Waals surface area contributed by atoms with Crippen molar-refractivity contribution >= 4 is 17.2 Å². The van der Waals surface area contributed by atoms with E-state index >= 15 is 0 Å². The molecule has 0 saturated heterocycles. The van der Waals surface area contributed by atoms with Crippen molar-refractivity contribution in [1.82, 2.24) is 14.8 Å². The number of rotatable bonds is 8. The van der Waals surface area contributed by atoms with Crippen LogP contribution in [0.5, 0.6) is 5.75 Å². The predicted octanol–water partition coefficient (Wildman–Crippen LogP) is 3.54. The highest BCUT2D eigenvalue weighted by Gasteiger charge is 2.20. The van der Waals surface area contributed by atoms with E-state index in [4.69, 9.17) is 4.74 Å². The lowest BCUT2D eigenvalue weighted by Crippen LogP contribution is -2.36. The number of carbonyl (C=O) groups excluding carboxylic acids is 1. The molecule has 0 bridgehead atoms. The molecule has 2 rings (SSSR count). The maximum absolute atomic E-state index is 12.8. The monoisotopic (exact) mass is 361 g/mol. The Labute approximate surface area is 154 Å². The van der Waals surface area contributed by atoms with Crippen molar-refractivity contribution in [2.45, 2.75) is 20.8 Å². The third kappa shape index (κ3) is 4.80. The van der Waals surface area contributed by atoms with Crippen LogP contribution in [0.25, 0.3) is 10.6 Å². The van der Waals surface area contributed by atoms with Crippen molar-refractivity contribution in [3.63, 3.8) is 0 Å². The zero-order valence-corrected chi connectivity index (χ0v) is 16.5. The lowest BCUT2D eigenvalue weighted by atomic mass is 10.2. The van der Waals surface area contributed by atoms with Crippen LogP contribution in [-0.4, -0.2) is 61.0 Å². The third-order valence-electron chi connectivity index (χ3n) is 4.30. The normalized spacial score (nSPS) is 11.0. The molecule has 1 aromatic heterocycles. The Bertz CT molecular complexity index is 710. The lowest BCUT2D eigenvalue weighted by molar-refractivity contribution is 0.0783. The lowest BCUT2D eigenvalue weighted by Gasteiger charge is -2.22. The largest absolute Gasteiger partial charge is 0.497 e. The average molecular weight is 362 g/mol. The van der Waals surface area contributed by atoms with Crippen LogP contribution in [0.4, 0.5) is 0 Å². The second-order valence-corrected chi connectivity index (χ2v) is 6.92. The minimum absolute atomic E-state index is 0.0382. The second-order valence-electron chi connectivity index (χ2n) is 5.92. The van der Waals surface area contributed by atoms with Crippen molar-refractivity contribution in [1.29, 1.82) is 0 Å². The predicted molar refractivity (Wildman–Crippen MR) is 104 cm³/mol. The van der Waals surface area contributed by atoms with Gasteiger partial charge in [-0.1, -0.05) is 26.0 Å². The molecular formula is C19H27N3O2S. The summed E-state index contributed by atoms with van der Waals surface area (Å²) in [7, 11) is 3.50. The first kappa shape index (κ1) is 19.4. The third-order valence-corrected chi connectivity index (χ3v) is 5.49. The number of thiazole rings is 1. The Morgan fingerprint density at radius 3 is 2.60 bits per heavy atom. The number of aryl methyl sites for hydroxylation is 1. The molecule has 0 aliphatic heterocycles. The summed E-state index contributed by atoms with van der Waals surface area (Å²) in [5.74, 6) is 0.825. The Morgan fingerprint density at radius 2 is 1.96 bits per heavy atom. The Hall–Kier alpha value is -1.92. The smallest absolute Gasteiger partial charge is 0.265 e. The van der Waals surface area contributed by atoms with E-state index in [0.29, 0.717) is 11.4 Å². The molecule has 0 unspecified atom stereocenters. The molecular weight excluding hydrogens is 334 g/mol. The van der Waals surface area contributed by atoms with E-state index in [1.807, 2.05) is 38.2 Å². The zero-order chi connectivity index (χ0) is 18.4. The van der Waals surface area contributed by atoms with E-state index in [0.717, 1.165) is 41.6 Å². The topological polar surface area (TPSA) is 45.7 Å². The average Bonchev–Trinajstić information content (AvgIpc) is 3.03. The van der Waals surface area contributed by atoms with Gasteiger partial charge in [0.25, 0.3) is 5.91 Å². The number of carbonyl (C=O) groups is 1. The molecule has 136 valence electrons. The fraction of sp³-hybridized carbons (Fsp3) is 0.474. The number of aromatic nitrogens is 1. The Balaban J connectivity index is 2.14. The van der Waals surface area contributed by atoms with Crippen LogP contribution < -0.4 is 4.74 Å². The molecule has 25 heavy (non-hydrogen) atoms. The van der Waals surface area contributed by atoms with E-state index in [-0.39, 0.29) is 5.91 Å². The number of hydrogen-bond donors (Lipinski definition) is 0. The van der Waals surface area contributed by atoms with Gasteiger partial charge in [-0.3, -0.25) is 4.79 Å². The molecule has 5 nitrogen and oxygen atoms in total. The number of methoxy groups -OCH3 is 1. The van der Waals surface area contributed by atoms with Gasteiger partial charge in [0.05, 0.1) is 12.8 Å². The molecule has 6 heteroatoms. The van der Waals surface area contributed by atoms with E-state index in [9.17, 15) is 4.79 Å². The van der Waals surface area contributed by atoms with Gasteiger partial charge in [-0.15, -0.1) is 11.3 Å². The highest BCUT2D eigenvalue weighted by molar-refractivity contribution is 7.17. The molecule has 1 aromatic carbocycles. The molecule has 0 spiro atoms. The number of amides is 1. The quantitative estimate of drug-likeness (QED) is 0.721. The highest BCUT2D eigenvalue weighted by atomic mass is 32.1. The van der Waals surface area contributed by atoms with Crippen molar-refractivity contribution in [2.24, 2.45) is 0 Å². The van der Waals surface area contributed by atoms with Crippen LogP contribution >= 0.6 is 11.3 Å². The van der Waals surface area contributed by atoms with Gasteiger partial charge in [-0.25, -0.2) is 4.98 Å². The Kier molecular flexibility index (Phi) is 6.96. The first-order valence-electron chi connectivity index (χ1n) is 8.59. The van der Waals surface area contributed by atoms with Crippen molar-refractivity contribution < 1.29 is 9.53 Å². The van der Waals surface area contributed by atoms with E-state index < -0.39 is 0 Å². The summed E-state index contributed by atoms with van der Waals surface area (Å²) < 4.78 is 5.27. The van der Waals surface area contributed by atoms with Gasteiger partial charge in [-0.05, 0) is 32.1 Å². The molecule has 0 radical (unpaired) electrons. The molecule has 0 saturated carbocycles. The molecule has 0 atom stereocenters. The molecule has 1 heterocycles. The van der Waals surface area contributed by atoms with Crippen LogP contribution in [0.15, 0.2) is 24.3 Å². The first-order valence-corrected chi connectivity index (χ1v) is 9.41. The number of ether oxygens (including phenoxy) is 1. The molecule has 0 aliphatic carbocycles. The minimum atomic E-state index is 0.0382. The molecule has 0 N–H and O–H groups in total. The van der Waals surface area contributed by atoms with Crippen molar-refractivity contribution in [3.8, 4) is 16.3 Å². The summed E-state index contributed by atoms with van der Waals surface area (Å²) in [5, 5.41) is 0.844.